The minimum Gasteiger partial charge on any atom is -0.384 e. The first-order valence-corrected chi connectivity index (χ1v) is 14.1. The molecule has 1 saturated heterocycles. The molecule has 9 nitrogen and oxygen atoms in total. The Hall–Kier alpha value is -3.51. The van der Waals surface area contributed by atoms with Crippen LogP contribution in [0.4, 0.5) is 19.0 Å². The number of H-pyrrole nitrogens is 1. The number of nitrogens with zero attached hydrogens (tertiary/aromatic N) is 7. The summed E-state index contributed by atoms with van der Waals surface area (Å²) in [6, 6.07) is 6.33. The van der Waals surface area contributed by atoms with Gasteiger partial charge in [0.2, 0.25) is 0 Å². The fourth-order valence-electron chi connectivity index (χ4n) is 5.48. The van der Waals surface area contributed by atoms with Crippen molar-refractivity contribution in [2.24, 2.45) is 5.41 Å². The molecular weight excluding hydrogens is 533 g/mol. The summed E-state index contributed by atoms with van der Waals surface area (Å²) < 4.78 is 46.6. The minimum atomic E-state index is -4.44. The van der Waals surface area contributed by atoms with E-state index in [-0.39, 0.29) is 11.5 Å². The van der Waals surface area contributed by atoms with Gasteiger partial charge in [-0.25, -0.2) is 15.0 Å². The molecule has 12 heteroatoms. The Morgan fingerprint density at radius 3 is 2.49 bits per heavy atom. The van der Waals surface area contributed by atoms with Gasteiger partial charge in [0.15, 0.2) is 5.82 Å². The lowest BCUT2D eigenvalue weighted by Gasteiger charge is -2.48. The van der Waals surface area contributed by atoms with E-state index in [1.807, 2.05) is 26.0 Å². The number of rotatable bonds is 6. The number of aromatic nitrogens is 6. The second-order valence-corrected chi connectivity index (χ2v) is 10.4. The van der Waals surface area contributed by atoms with Crippen molar-refractivity contribution >= 4 is 11.5 Å². The number of piperazine rings is 1. The van der Waals surface area contributed by atoms with E-state index in [0.717, 1.165) is 50.9 Å². The van der Waals surface area contributed by atoms with E-state index in [9.17, 15) is 13.2 Å². The molecule has 1 aliphatic carbocycles. The maximum absolute atomic E-state index is 13.2. The highest BCUT2D eigenvalue weighted by atomic mass is 19.4. The van der Waals surface area contributed by atoms with E-state index < -0.39 is 11.7 Å². The van der Waals surface area contributed by atoms with Crippen LogP contribution in [0.5, 0.6) is 0 Å². The quantitative estimate of drug-likeness (QED) is 0.323. The molecule has 222 valence electrons. The smallest absolute Gasteiger partial charge is 0.384 e. The van der Waals surface area contributed by atoms with Crippen molar-refractivity contribution in [2.45, 2.75) is 52.3 Å². The van der Waals surface area contributed by atoms with E-state index >= 15 is 0 Å². The number of nitrogens with one attached hydrogen (secondary N) is 1. The first-order valence-electron chi connectivity index (χ1n) is 14.1. The van der Waals surface area contributed by atoms with Crippen LogP contribution >= 0.6 is 0 Å². The third-order valence-corrected chi connectivity index (χ3v) is 7.54. The lowest BCUT2D eigenvalue weighted by atomic mass is 9.69. The van der Waals surface area contributed by atoms with Crippen LogP contribution in [0, 0.1) is 5.41 Å². The number of alkyl halides is 3. The molecule has 4 aromatic rings. The number of fused-ring (bicyclic) bond motifs is 1. The topological polar surface area (TPSA) is 87.5 Å². The van der Waals surface area contributed by atoms with Gasteiger partial charge in [0, 0.05) is 69.5 Å². The summed E-state index contributed by atoms with van der Waals surface area (Å²) in [6.45, 7) is 10.7. The molecule has 0 spiro atoms. The molecule has 1 unspecified atom stereocenters. The Labute approximate surface area is 238 Å². The number of methoxy groups -OCH3 is 1. The zero-order chi connectivity index (χ0) is 29.5. The third-order valence-electron chi connectivity index (χ3n) is 7.54. The van der Waals surface area contributed by atoms with Crippen molar-refractivity contribution in [1.29, 1.82) is 0 Å². The number of hydrogen-bond acceptors (Lipinski definition) is 7. The maximum Gasteiger partial charge on any atom is 0.417 e. The normalized spacial score (nSPS) is 18.6. The monoisotopic (exact) mass is 572 g/mol. The largest absolute Gasteiger partial charge is 0.417 e. The average Bonchev–Trinajstić information content (AvgIpc) is 3.66. The van der Waals surface area contributed by atoms with Crippen LogP contribution in [0.15, 0.2) is 55.2 Å². The number of imidazole rings is 1. The highest BCUT2D eigenvalue weighted by Crippen LogP contribution is 2.42. The Morgan fingerprint density at radius 1 is 1.10 bits per heavy atom. The van der Waals surface area contributed by atoms with Crippen LogP contribution in [0.2, 0.25) is 0 Å². The molecule has 1 atom stereocenters. The highest BCUT2D eigenvalue weighted by molar-refractivity contribution is 5.59. The van der Waals surface area contributed by atoms with Crippen LogP contribution in [0.3, 0.4) is 0 Å². The van der Waals surface area contributed by atoms with Gasteiger partial charge in [0.1, 0.15) is 17.2 Å². The van der Waals surface area contributed by atoms with Crippen molar-refractivity contribution < 1.29 is 17.9 Å². The number of hydrogen-bond donors (Lipinski definition) is 1. The fraction of sp³-hybridized carbons (Fsp3) is 0.517. The summed E-state index contributed by atoms with van der Waals surface area (Å²) in [5.41, 5.74) is 0.399. The molecule has 2 aliphatic rings. The van der Waals surface area contributed by atoms with E-state index in [1.165, 1.54) is 35.9 Å². The first kappa shape index (κ1) is 30.4. The number of aromatic amines is 1. The van der Waals surface area contributed by atoms with Gasteiger partial charge in [0.25, 0.3) is 0 Å². The van der Waals surface area contributed by atoms with Gasteiger partial charge in [-0.1, -0.05) is 20.3 Å². The molecule has 41 heavy (non-hydrogen) atoms. The Kier molecular flexibility index (Phi) is 9.98. The van der Waals surface area contributed by atoms with Gasteiger partial charge < -0.3 is 9.64 Å². The fourth-order valence-corrected chi connectivity index (χ4v) is 5.48. The average molecular weight is 573 g/mol. The van der Waals surface area contributed by atoms with Crippen molar-refractivity contribution in [2.75, 3.05) is 44.8 Å². The van der Waals surface area contributed by atoms with Crippen LogP contribution < -0.4 is 4.90 Å². The van der Waals surface area contributed by atoms with Crippen molar-refractivity contribution in [1.82, 2.24) is 34.4 Å². The minimum absolute atomic E-state index is 0.246. The lowest BCUT2D eigenvalue weighted by molar-refractivity contribution is -0.137. The standard InChI is InChI=1S/C24H29F3N6O.C3H4N2.C2H6/c1-17-13-31(15-23(16-34-2)7-3-8-23)10-11-32(17)21-6-9-28-22(30-21)19-12-29-20-5-4-18(14-33(19)20)24(25,26)27;1-2-4-5-3-1;1-2/h4-6,9,12,14,17H,3,7-8,10-11,13,15-16H2,1-2H3;1-3H,(H,4,5);1-2H3. The third kappa shape index (κ3) is 7.23. The first-order chi connectivity index (χ1) is 19.8. The van der Waals surface area contributed by atoms with Crippen LogP contribution in [-0.2, 0) is 10.9 Å². The Bertz CT molecular complexity index is 1340. The predicted molar refractivity (Wildman–Crippen MR) is 153 cm³/mol. The summed E-state index contributed by atoms with van der Waals surface area (Å²) in [4.78, 5) is 18.1. The number of ether oxygens (including phenoxy) is 1. The van der Waals surface area contributed by atoms with Gasteiger partial charge in [-0.3, -0.25) is 14.4 Å². The Balaban J connectivity index is 0.000000492. The van der Waals surface area contributed by atoms with Gasteiger partial charge in [-0.15, -0.1) is 0 Å². The summed E-state index contributed by atoms with van der Waals surface area (Å²) in [7, 11) is 1.78. The van der Waals surface area contributed by atoms with Gasteiger partial charge in [-0.05, 0) is 44.0 Å². The number of pyridine rings is 1. The summed E-state index contributed by atoms with van der Waals surface area (Å²) in [5.74, 6) is 1.13. The van der Waals surface area contributed by atoms with Gasteiger partial charge in [-0.2, -0.15) is 18.3 Å². The summed E-state index contributed by atoms with van der Waals surface area (Å²) >= 11 is 0. The molecule has 6 rings (SSSR count). The molecule has 2 fully saturated rings. The lowest BCUT2D eigenvalue weighted by Crippen LogP contribution is -2.56. The second-order valence-electron chi connectivity index (χ2n) is 10.4. The van der Waals surface area contributed by atoms with E-state index in [2.05, 4.69) is 36.9 Å². The van der Waals surface area contributed by atoms with Gasteiger partial charge in [0.05, 0.1) is 18.4 Å². The van der Waals surface area contributed by atoms with E-state index in [0.29, 0.717) is 17.2 Å². The molecular formula is C29H39F3N8O. The molecule has 4 aromatic heterocycles. The zero-order valence-electron chi connectivity index (χ0n) is 24.1. The molecule has 1 saturated carbocycles. The highest BCUT2D eigenvalue weighted by Gasteiger charge is 2.40. The van der Waals surface area contributed by atoms with Crippen molar-refractivity contribution in [3.05, 3.63) is 60.8 Å². The van der Waals surface area contributed by atoms with E-state index in [1.54, 1.807) is 25.7 Å². The number of halogens is 3. The molecule has 0 amide bonds. The van der Waals surface area contributed by atoms with Crippen molar-refractivity contribution in [3.63, 3.8) is 0 Å². The van der Waals surface area contributed by atoms with Crippen LogP contribution in [0.25, 0.3) is 17.2 Å². The predicted octanol–water partition coefficient (Wildman–Crippen LogP) is 5.57. The SMILES string of the molecule is CC.COCC1(CN2CCN(c3ccnc(-c4cnc5ccc(C(F)(F)F)cn45)n3)C(C)C2)CCC1.c1cn[nH]c1. The summed E-state index contributed by atoms with van der Waals surface area (Å²) in [5, 5.41) is 6.21. The van der Waals surface area contributed by atoms with E-state index in [4.69, 9.17) is 9.72 Å². The van der Waals surface area contributed by atoms with Crippen LogP contribution in [-0.4, -0.2) is 80.4 Å². The molecule has 0 radical (unpaired) electrons. The van der Waals surface area contributed by atoms with Crippen LogP contribution in [0.1, 0.15) is 45.6 Å². The zero-order valence-corrected chi connectivity index (χ0v) is 24.1. The molecule has 0 aromatic carbocycles. The molecule has 1 N–H and O–H groups in total. The van der Waals surface area contributed by atoms with Gasteiger partial charge >= 0.3 is 6.18 Å². The molecule has 0 bridgehead atoms. The number of anilines is 1. The molecule has 1 aliphatic heterocycles. The van der Waals surface area contributed by atoms with Crippen molar-refractivity contribution in [3.8, 4) is 11.5 Å². The maximum atomic E-state index is 13.2. The summed E-state index contributed by atoms with van der Waals surface area (Å²) in [6.07, 6.45) is 6.96. The molecule has 5 heterocycles. The second kappa shape index (κ2) is 13.4. The Morgan fingerprint density at radius 2 is 1.90 bits per heavy atom.